The molecule has 2 heterocycles. The highest BCUT2D eigenvalue weighted by Crippen LogP contribution is 2.52. The third-order valence-corrected chi connectivity index (χ3v) is 5.16. The van der Waals surface area contributed by atoms with E-state index in [4.69, 9.17) is 4.74 Å². The number of likely N-dealkylation sites (tertiary alicyclic amines) is 1. The summed E-state index contributed by atoms with van der Waals surface area (Å²) in [5, 5.41) is 3.10. The first-order valence-corrected chi connectivity index (χ1v) is 8.84. The van der Waals surface area contributed by atoms with Crippen molar-refractivity contribution in [2.24, 2.45) is 10.8 Å². The molecule has 27 heavy (non-hydrogen) atoms. The summed E-state index contributed by atoms with van der Waals surface area (Å²) in [6, 6.07) is 2.53. The zero-order chi connectivity index (χ0) is 19.9. The minimum Gasteiger partial charge on any atom is -0.474 e. The van der Waals surface area contributed by atoms with Crippen molar-refractivity contribution in [2.45, 2.75) is 39.1 Å². The third kappa shape index (κ3) is 4.63. The molecular weight excluding hydrogens is 363 g/mol. The van der Waals surface area contributed by atoms with Gasteiger partial charge in [-0.3, -0.25) is 4.79 Å². The van der Waals surface area contributed by atoms with Crippen molar-refractivity contribution >= 4 is 5.91 Å². The highest BCUT2D eigenvalue weighted by Gasteiger charge is 2.55. The van der Waals surface area contributed by atoms with Crippen LogP contribution in [0.25, 0.3) is 0 Å². The Labute approximate surface area is 156 Å². The van der Waals surface area contributed by atoms with Crippen molar-refractivity contribution in [3.63, 3.8) is 0 Å². The molecule has 1 aliphatic heterocycles. The Bertz CT molecular complexity index is 705. The van der Waals surface area contributed by atoms with Gasteiger partial charge in [0.1, 0.15) is 6.61 Å². The number of carbonyl (C=O) groups excluding carboxylic acids is 1. The molecule has 1 atom stereocenters. The molecule has 1 aliphatic carbocycles. The van der Waals surface area contributed by atoms with Gasteiger partial charge < -0.3 is 19.7 Å². The van der Waals surface area contributed by atoms with E-state index >= 15 is 0 Å². The van der Waals surface area contributed by atoms with Gasteiger partial charge in [0.15, 0.2) is 5.75 Å². The first-order chi connectivity index (χ1) is 12.5. The summed E-state index contributed by atoms with van der Waals surface area (Å²) in [6.45, 7) is 5.02. The van der Waals surface area contributed by atoms with Crippen molar-refractivity contribution in [3.8, 4) is 11.6 Å². The number of amides is 1. The summed E-state index contributed by atoms with van der Waals surface area (Å²) < 4.78 is 46.8. The molecule has 2 fully saturated rings. The van der Waals surface area contributed by atoms with Crippen molar-refractivity contribution in [2.75, 3.05) is 26.7 Å². The van der Waals surface area contributed by atoms with Crippen LogP contribution in [0.15, 0.2) is 18.3 Å². The number of nitrogens with zero attached hydrogens (tertiary/aromatic N) is 2. The van der Waals surface area contributed by atoms with E-state index in [-0.39, 0.29) is 29.9 Å². The van der Waals surface area contributed by atoms with Crippen LogP contribution in [0.3, 0.4) is 0 Å². The van der Waals surface area contributed by atoms with Crippen LogP contribution in [0, 0.1) is 10.8 Å². The van der Waals surface area contributed by atoms with Gasteiger partial charge in [-0.05, 0) is 45.9 Å². The summed E-state index contributed by atoms with van der Waals surface area (Å²) in [7, 11) is 2.03. The van der Waals surface area contributed by atoms with Crippen molar-refractivity contribution < 1.29 is 27.4 Å². The molecular formula is C18H24F3N3O3. The summed E-state index contributed by atoms with van der Waals surface area (Å²) in [6.07, 6.45) is -1.34. The topological polar surface area (TPSA) is 63.7 Å². The average Bonchev–Trinajstić information content (AvgIpc) is 3.25. The van der Waals surface area contributed by atoms with Crippen LogP contribution >= 0.6 is 0 Å². The molecule has 1 spiro atoms. The molecule has 3 rings (SSSR count). The highest BCUT2D eigenvalue weighted by molar-refractivity contribution is 5.82. The van der Waals surface area contributed by atoms with Gasteiger partial charge in [0.25, 0.3) is 5.88 Å². The Kier molecular flexibility index (Phi) is 5.00. The van der Waals surface area contributed by atoms with Crippen LogP contribution in [-0.4, -0.2) is 54.9 Å². The standard InChI is InChI=1S/C18H24F3N3O3/c1-16(2,15(25)23-13-9-24(3)10-17(13)6-7-17)11-26-14-12(5-4-8-22-14)27-18(19,20)21/h4-5,8,13H,6-7,9-11H2,1-3H3,(H,23,25)/t13-/m0/s1. The molecule has 150 valence electrons. The van der Waals surface area contributed by atoms with Gasteiger partial charge in [0.05, 0.1) is 5.41 Å². The Morgan fingerprint density at radius 1 is 1.41 bits per heavy atom. The molecule has 9 heteroatoms. The van der Waals surface area contributed by atoms with E-state index in [1.807, 2.05) is 7.05 Å². The fourth-order valence-corrected chi connectivity index (χ4v) is 3.44. The minimum absolute atomic E-state index is 0.0910. The maximum atomic E-state index is 12.7. The maximum Gasteiger partial charge on any atom is 0.573 e. The molecule has 0 bridgehead atoms. The van der Waals surface area contributed by atoms with Gasteiger partial charge in [-0.1, -0.05) is 0 Å². The molecule has 1 saturated heterocycles. The van der Waals surface area contributed by atoms with E-state index in [1.54, 1.807) is 13.8 Å². The van der Waals surface area contributed by atoms with E-state index < -0.39 is 17.5 Å². The van der Waals surface area contributed by atoms with Crippen LogP contribution in [-0.2, 0) is 4.79 Å². The van der Waals surface area contributed by atoms with Gasteiger partial charge in [0, 0.05) is 30.7 Å². The predicted molar refractivity (Wildman–Crippen MR) is 91.3 cm³/mol. The Morgan fingerprint density at radius 2 is 2.11 bits per heavy atom. The fraction of sp³-hybridized carbons (Fsp3) is 0.667. The number of likely N-dealkylation sites (N-methyl/N-ethyl adjacent to an activating group) is 1. The van der Waals surface area contributed by atoms with E-state index in [9.17, 15) is 18.0 Å². The zero-order valence-corrected chi connectivity index (χ0v) is 15.6. The summed E-state index contributed by atoms with van der Waals surface area (Å²) in [5.41, 5.74) is -0.764. The monoisotopic (exact) mass is 387 g/mol. The van der Waals surface area contributed by atoms with Crippen LogP contribution in [0.4, 0.5) is 13.2 Å². The van der Waals surface area contributed by atoms with E-state index in [0.717, 1.165) is 32.0 Å². The molecule has 0 unspecified atom stereocenters. The first kappa shape index (κ1) is 19.7. The number of alkyl halides is 3. The Morgan fingerprint density at radius 3 is 2.74 bits per heavy atom. The summed E-state index contributed by atoms with van der Waals surface area (Å²) in [5.74, 6) is -1.02. The Balaban J connectivity index is 1.61. The van der Waals surface area contributed by atoms with Crippen molar-refractivity contribution in [1.29, 1.82) is 0 Å². The SMILES string of the molecule is CN1C[C@H](NC(=O)C(C)(C)COc2ncccc2OC(F)(F)F)C2(CC2)C1. The van der Waals surface area contributed by atoms with Crippen LogP contribution in [0.2, 0.25) is 0 Å². The minimum atomic E-state index is -4.85. The number of rotatable bonds is 6. The van der Waals surface area contributed by atoms with Gasteiger partial charge >= 0.3 is 6.36 Å². The second kappa shape index (κ2) is 6.85. The van der Waals surface area contributed by atoms with Crippen molar-refractivity contribution in [3.05, 3.63) is 18.3 Å². The lowest BCUT2D eigenvalue weighted by Gasteiger charge is -2.28. The first-order valence-electron chi connectivity index (χ1n) is 8.84. The number of pyridine rings is 1. The molecule has 6 nitrogen and oxygen atoms in total. The largest absolute Gasteiger partial charge is 0.573 e. The fourth-order valence-electron chi connectivity index (χ4n) is 3.44. The molecule has 1 N–H and O–H groups in total. The van der Waals surface area contributed by atoms with Gasteiger partial charge in [-0.25, -0.2) is 4.98 Å². The average molecular weight is 387 g/mol. The molecule has 0 radical (unpaired) electrons. The van der Waals surface area contributed by atoms with Crippen LogP contribution in [0.1, 0.15) is 26.7 Å². The number of aromatic nitrogens is 1. The molecule has 1 aromatic heterocycles. The lowest BCUT2D eigenvalue weighted by Crippen LogP contribution is -2.48. The number of hydrogen-bond donors (Lipinski definition) is 1. The highest BCUT2D eigenvalue weighted by atomic mass is 19.4. The van der Waals surface area contributed by atoms with E-state index in [0.29, 0.717) is 0 Å². The van der Waals surface area contributed by atoms with Gasteiger partial charge in [-0.15, -0.1) is 13.2 Å². The second-order valence-electron chi connectivity index (χ2n) is 8.11. The zero-order valence-electron chi connectivity index (χ0n) is 15.6. The quantitative estimate of drug-likeness (QED) is 0.813. The molecule has 2 aliphatic rings. The summed E-state index contributed by atoms with van der Waals surface area (Å²) >= 11 is 0. The number of nitrogens with one attached hydrogen (secondary N) is 1. The van der Waals surface area contributed by atoms with Crippen LogP contribution in [0.5, 0.6) is 11.6 Å². The molecule has 1 amide bonds. The van der Waals surface area contributed by atoms with Gasteiger partial charge in [0.2, 0.25) is 5.91 Å². The third-order valence-electron chi connectivity index (χ3n) is 5.16. The van der Waals surface area contributed by atoms with E-state index in [2.05, 4.69) is 19.9 Å². The Hall–Kier alpha value is -2.03. The lowest BCUT2D eigenvalue weighted by molar-refractivity contribution is -0.275. The predicted octanol–water partition coefficient (Wildman–Crippen LogP) is 2.60. The van der Waals surface area contributed by atoms with Crippen molar-refractivity contribution in [1.82, 2.24) is 15.2 Å². The van der Waals surface area contributed by atoms with Gasteiger partial charge in [-0.2, -0.15) is 0 Å². The molecule has 1 aromatic rings. The molecule has 0 aromatic carbocycles. The van der Waals surface area contributed by atoms with E-state index in [1.165, 1.54) is 12.3 Å². The smallest absolute Gasteiger partial charge is 0.474 e. The summed E-state index contributed by atoms with van der Waals surface area (Å²) in [4.78, 5) is 18.7. The lowest BCUT2D eigenvalue weighted by atomic mass is 9.91. The number of ether oxygens (including phenoxy) is 2. The number of hydrogen-bond acceptors (Lipinski definition) is 5. The van der Waals surface area contributed by atoms with Crippen LogP contribution < -0.4 is 14.8 Å². The second-order valence-corrected chi connectivity index (χ2v) is 8.11. The molecule has 1 saturated carbocycles. The normalized spacial score (nSPS) is 21.9. The number of halogens is 3. The number of carbonyl (C=O) groups is 1. The maximum absolute atomic E-state index is 12.7.